The van der Waals surface area contributed by atoms with Crippen molar-refractivity contribution < 1.29 is 4.79 Å². The quantitative estimate of drug-likeness (QED) is 0.500. The molecule has 0 saturated heterocycles. The number of nitrogens with zero attached hydrogens (tertiary/aromatic N) is 2. The standard InChI is InChI=1S/C22H31N5O2S/c1-14(2)12-13-27-21(29)17-10-6-5-9-16(17)19(26-27)20(28)24-25-22(30)23-18-11-7-4-8-15(18)3/h5-6,9-10,14-15,18H,4,7-8,11-13H2,1-3H3,(H,24,28)(H2,23,25,30)/t15-,18+/m1/s1. The Bertz CT molecular complexity index is 972. The van der Waals surface area contributed by atoms with Crippen molar-refractivity contribution in [3.63, 3.8) is 0 Å². The second kappa shape index (κ2) is 10.0. The number of carbonyl (C=O) groups excluding carboxylic acids is 1. The normalized spacial score (nSPS) is 18.9. The topological polar surface area (TPSA) is 88.1 Å². The first-order chi connectivity index (χ1) is 14.4. The van der Waals surface area contributed by atoms with Gasteiger partial charge in [-0.25, -0.2) is 4.68 Å². The molecule has 1 aliphatic carbocycles. The zero-order valence-corrected chi connectivity index (χ0v) is 18.7. The minimum atomic E-state index is -0.426. The number of thiocarbonyl (C=S) groups is 1. The lowest BCUT2D eigenvalue weighted by atomic mass is 9.86. The zero-order chi connectivity index (χ0) is 21.7. The number of carbonyl (C=O) groups is 1. The number of nitrogens with one attached hydrogen (secondary N) is 3. The Labute approximate surface area is 182 Å². The molecule has 0 unspecified atom stereocenters. The van der Waals surface area contributed by atoms with E-state index >= 15 is 0 Å². The summed E-state index contributed by atoms with van der Waals surface area (Å²) in [5.74, 6) is 0.546. The SMILES string of the molecule is CC(C)CCn1nc(C(=O)NNC(=S)N[C@H]2CCCC[C@H]2C)c2ccccc2c1=O. The maximum Gasteiger partial charge on any atom is 0.290 e. The van der Waals surface area contributed by atoms with E-state index in [4.69, 9.17) is 12.2 Å². The van der Waals surface area contributed by atoms with Crippen LogP contribution in [0.2, 0.25) is 0 Å². The third-order valence-corrected chi connectivity index (χ3v) is 5.94. The highest BCUT2D eigenvalue weighted by Crippen LogP contribution is 2.23. The van der Waals surface area contributed by atoms with E-state index in [-0.39, 0.29) is 11.3 Å². The molecule has 7 nitrogen and oxygen atoms in total. The molecule has 1 heterocycles. The molecule has 1 aromatic carbocycles. The molecule has 0 bridgehead atoms. The van der Waals surface area contributed by atoms with Gasteiger partial charge in [-0.2, -0.15) is 5.10 Å². The van der Waals surface area contributed by atoms with Gasteiger partial charge in [0, 0.05) is 18.0 Å². The van der Waals surface area contributed by atoms with Crippen molar-refractivity contribution >= 4 is 34.0 Å². The fourth-order valence-electron chi connectivity index (χ4n) is 3.84. The summed E-state index contributed by atoms with van der Waals surface area (Å²) in [5, 5.41) is 9.07. The van der Waals surface area contributed by atoms with Gasteiger partial charge in [-0.1, -0.05) is 51.8 Å². The second-order valence-corrected chi connectivity index (χ2v) is 8.93. The molecule has 2 aromatic rings. The van der Waals surface area contributed by atoms with Crippen LogP contribution in [0.3, 0.4) is 0 Å². The van der Waals surface area contributed by atoms with Crippen molar-refractivity contribution in [3.05, 3.63) is 40.3 Å². The molecule has 0 aliphatic heterocycles. The third kappa shape index (κ3) is 5.36. The van der Waals surface area contributed by atoms with Gasteiger partial charge in [-0.3, -0.25) is 20.4 Å². The lowest BCUT2D eigenvalue weighted by molar-refractivity contribution is 0.0937. The maximum atomic E-state index is 12.9. The summed E-state index contributed by atoms with van der Waals surface area (Å²) in [5.41, 5.74) is 5.45. The van der Waals surface area contributed by atoms with Crippen LogP contribution in [-0.2, 0) is 6.54 Å². The van der Waals surface area contributed by atoms with Crippen LogP contribution in [0.15, 0.2) is 29.1 Å². The number of amides is 1. The average Bonchev–Trinajstić information content (AvgIpc) is 2.73. The number of hydrogen-bond acceptors (Lipinski definition) is 4. The van der Waals surface area contributed by atoms with Gasteiger partial charge < -0.3 is 5.32 Å². The van der Waals surface area contributed by atoms with E-state index in [9.17, 15) is 9.59 Å². The van der Waals surface area contributed by atoms with Crippen LogP contribution in [0.25, 0.3) is 10.8 Å². The third-order valence-electron chi connectivity index (χ3n) is 5.72. The van der Waals surface area contributed by atoms with Crippen molar-refractivity contribution in [2.24, 2.45) is 11.8 Å². The highest BCUT2D eigenvalue weighted by Gasteiger charge is 2.22. The molecule has 2 atom stereocenters. The van der Waals surface area contributed by atoms with E-state index in [0.29, 0.717) is 40.3 Å². The van der Waals surface area contributed by atoms with Crippen LogP contribution in [0.4, 0.5) is 0 Å². The minimum absolute atomic E-state index is 0.181. The highest BCUT2D eigenvalue weighted by atomic mass is 32.1. The van der Waals surface area contributed by atoms with Crippen LogP contribution in [0.1, 0.15) is 63.4 Å². The van der Waals surface area contributed by atoms with Gasteiger partial charge in [-0.05, 0) is 49.4 Å². The predicted octanol–water partition coefficient (Wildman–Crippen LogP) is 3.13. The van der Waals surface area contributed by atoms with Gasteiger partial charge in [0.25, 0.3) is 11.5 Å². The van der Waals surface area contributed by atoms with Crippen molar-refractivity contribution in [3.8, 4) is 0 Å². The molecule has 8 heteroatoms. The molecule has 0 radical (unpaired) electrons. The van der Waals surface area contributed by atoms with Gasteiger partial charge in [0.15, 0.2) is 10.8 Å². The molecule has 1 aliphatic rings. The lowest BCUT2D eigenvalue weighted by Gasteiger charge is -2.30. The predicted molar refractivity (Wildman–Crippen MR) is 123 cm³/mol. The Morgan fingerprint density at radius 2 is 1.90 bits per heavy atom. The minimum Gasteiger partial charge on any atom is -0.358 e. The van der Waals surface area contributed by atoms with E-state index in [2.05, 4.69) is 42.0 Å². The largest absolute Gasteiger partial charge is 0.358 e. The van der Waals surface area contributed by atoms with Crippen molar-refractivity contribution in [1.29, 1.82) is 0 Å². The van der Waals surface area contributed by atoms with Crippen LogP contribution in [-0.4, -0.2) is 26.8 Å². The first-order valence-corrected chi connectivity index (χ1v) is 11.1. The van der Waals surface area contributed by atoms with Crippen LogP contribution >= 0.6 is 12.2 Å². The smallest absolute Gasteiger partial charge is 0.290 e. The number of benzene rings is 1. The van der Waals surface area contributed by atoms with Crippen molar-refractivity contribution in [1.82, 2.24) is 25.9 Å². The summed E-state index contributed by atoms with van der Waals surface area (Å²) in [6.07, 6.45) is 5.49. The molecule has 1 saturated carbocycles. The Morgan fingerprint density at radius 1 is 1.20 bits per heavy atom. The zero-order valence-electron chi connectivity index (χ0n) is 17.9. The van der Waals surface area contributed by atoms with Crippen LogP contribution in [0.5, 0.6) is 0 Å². The van der Waals surface area contributed by atoms with E-state index in [0.717, 1.165) is 12.8 Å². The molecule has 0 spiro atoms. The maximum absolute atomic E-state index is 12.9. The fraction of sp³-hybridized carbons (Fsp3) is 0.545. The molecule has 1 fully saturated rings. The lowest BCUT2D eigenvalue weighted by Crippen LogP contribution is -2.51. The first kappa shape index (κ1) is 22.2. The molecular weight excluding hydrogens is 398 g/mol. The monoisotopic (exact) mass is 429 g/mol. The number of aromatic nitrogens is 2. The molecule has 3 N–H and O–H groups in total. The van der Waals surface area contributed by atoms with Crippen LogP contribution in [0, 0.1) is 11.8 Å². The number of hydrazine groups is 1. The Hall–Kier alpha value is -2.48. The van der Waals surface area contributed by atoms with Gasteiger partial charge in [0.2, 0.25) is 0 Å². The number of rotatable bonds is 5. The molecular formula is C22H31N5O2S. The molecule has 30 heavy (non-hydrogen) atoms. The molecule has 3 rings (SSSR count). The van der Waals surface area contributed by atoms with Gasteiger partial charge in [0.05, 0.1) is 5.39 Å². The van der Waals surface area contributed by atoms with E-state index in [1.54, 1.807) is 24.3 Å². The fourth-order valence-corrected chi connectivity index (χ4v) is 4.05. The molecule has 1 aromatic heterocycles. The Kier molecular flexibility index (Phi) is 7.42. The van der Waals surface area contributed by atoms with Gasteiger partial charge in [0.1, 0.15) is 0 Å². The Morgan fingerprint density at radius 3 is 2.60 bits per heavy atom. The summed E-state index contributed by atoms with van der Waals surface area (Å²) in [4.78, 5) is 25.6. The summed E-state index contributed by atoms with van der Waals surface area (Å²) in [7, 11) is 0. The highest BCUT2D eigenvalue weighted by molar-refractivity contribution is 7.80. The summed E-state index contributed by atoms with van der Waals surface area (Å²) in [6.45, 7) is 6.86. The van der Waals surface area contributed by atoms with Crippen molar-refractivity contribution in [2.45, 2.75) is 65.5 Å². The van der Waals surface area contributed by atoms with Crippen LogP contribution < -0.4 is 21.7 Å². The summed E-state index contributed by atoms with van der Waals surface area (Å²) >= 11 is 5.36. The second-order valence-electron chi connectivity index (χ2n) is 8.53. The van der Waals surface area contributed by atoms with E-state index in [1.165, 1.54) is 23.9 Å². The van der Waals surface area contributed by atoms with Gasteiger partial charge >= 0.3 is 0 Å². The summed E-state index contributed by atoms with van der Waals surface area (Å²) < 4.78 is 1.39. The van der Waals surface area contributed by atoms with Crippen molar-refractivity contribution in [2.75, 3.05) is 0 Å². The van der Waals surface area contributed by atoms with Gasteiger partial charge in [-0.15, -0.1) is 0 Å². The molecule has 1 amide bonds. The number of hydrogen-bond donors (Lipinski definition) is 3. The number of fused-ring (bicyclic) bond motifs is 1. The number of aryl methyl sites for hydroxylation is 1. The van der Waals surface area contributed by atoms with E-state index < -0.39 is 5.91 Å². The first-order valence-electron chi connectivity index (χ1n) is 10.7. The summed E-state index contributed by atoms with van der Waals surface area (Å²) in [6, 6.07) is 7.37. The van der Waals surface area contributed by atoms with E-state index in [1.807, 2.05) is 0 Å². The molecule has 162 valence electrons. The average molecular weight is 430 g/mol. The Balaban J connectivity index is 1.74.